The number of carbonyl (C=O) groups is 2. The lowest BCUT2D eigenvalue weighted by atomic mass is 10.1. The summed E-state index contributed by atoms with van der Waals surface area (Å²) in [5.41, 5.74) is 0. The normalized spacial score (nSPS) is 16.0. The minimum atomic E-state index is -2.10. The third-order valence-electron chi connectivity index (χ3n) is 4.11. The van der Waals surface area contributed by atoms with E-state index in [9.17, 15) is 9.59 Å². The molecule has 0 aliphatic heterocycles. The van der Waals surface area contributed by atoms with E-state index in [1.54, 1.807) is 14.2 Å². The Hall–Kier alpha value is 0.0969. The van der Waals surface area contributed by atoms with Gasteiger partial charge >= 0.3 is 5.97 Å². The molecule has 6 nitrogen and oxygen atoms in total. The van der Waals surface area contributed by atoms with Crippen molar-refractivity contribution in [3.05, 3.63) is 0 Å². The van der Waals surface area contributed by atoms with Crippen LogP contribution in [0.4, 0.5) is 0 Å². The number of Topliss-reactive ketones (excluding diaryl/α,β-unsaturated/α-hetero) is 1. The second kappa shape index (κ2) is 10.9. The number of hydrogen-bond donors (Lipinski definition) is 0. The number of ether oxygens (including phenoxy) is 1. The summed E-state index contributed by atoms with van der Waals surface area (Å²) in [7, 11) is 2.46. The molecule has 3 unspecified atom stereocenters. The molecule has 0 bridgehead atoms. The SMILES string of the molecule is COPC(POC)C(=O)CC(CC(=O)OC)O[Si](C)(C)C(C)(C)C. The number of rotatable bonds is 11. The predicted octanol–water partition coefficient (Wildman–Crippen LogP) is 3.71. The van der Waals surface area contributed by atoms with E-state index in [1.807, 2.05) is 0 Å². The van der Waals surface area contributed by atoms with Crippen molar-refractivity contribution in [2.75, 3.05) is 21.3 Å². The summed E-state index contributed by atoms with van der Waals surface area (Å²) in [6.07, 6.45) is -0.233. The van der Waals surface area contributed by atoms with Crippen LogP contribution in [0, 0.1) is 0 Å². The lowest BCUT2D eigenvalue weighted by Crippen LogP contribution is -2.45. The quantitative estimate of drug-likeness (QED) is 0.300. The van der Waals surface area contributed by atoms with Gasteiger partial charge in [0, 0.05) is 38.3 Å². The molecule has 0 N–H and O–H groups in total. The van der Waals surface area contributed by atoms with Gasteiger partial charge in [0.05, 0.1) is 19.6 Å². The molecule has 0 aromatic rings. The summed E-state index contributed by atoms with van der Waals surface area (Å²) < 4.78 is 21.3. The maximum Gasteiger partial charge on any atom is 0.308 e. The van der Waals surface area contributed by atoms with Crippen molar-refractivity contribution in [1.29, 1.82) is 0 Å². The molecule has 0 rings (SSSR count). The molecule has 0 heterocycles. The van der Waals surface area contributed by atoms with Gasteiger partial charge in [-0.2, -0.15) is 0 Å². The molecule has 24 heavy (non-hydrogen) atoms. The minimum Gasteiger partial charge on any atom is -0.469 e. The fourth-order valence-corrected chi connectivity index (χ4v) is 4.97. The van der Waals surface area contributed by atoms with Gasteiger partial charge in [-0.05, 0) is 18.1 Å². The van der Waals surface area contributed by atoms with Crippen molar-refractivity contribution in [3.8, 4) is 0 Å². The van der Waals surface area contributed by atoms with Crippen molar-refractivity contribution in [2.45, 2.75) is 63.2 Å². The van der Waals surface area contributed by atoms with Gasteiger partial charge in [0.1, 0.15) is 5.40 Å². The first kappa shape index (κ1) is 24.1. The first-order chi connectivity index (χ1) is 11.0. The van der Waals surface area contributed by atoms with Crippen molar-refractivity contribution in [2.24, 2.45) is 0 Å². The van der Waals surface area contributed by atoms with Gasteiger partial charge in [0.25, 0.3) is 0 Å². The van der Waals surface area contributed by atoms with Crippen LogP contribution in [0.25, 0.3) is 0 Å². The fourth-order valence-electron chi connectivity index (χ4n) is 1.75. The first-order valence-electron chi connectivity index (χ1n) is 7.82. The maximum atomic E-state index is 12.6. The Kier molecular flexibility index (Phi) is 11.0. The fraction of sp³-hybridized carbons (Fsp3) is 0.867. The van der Waals surface area contributed by atoms with E-state index in [4.69, 9.17) is 18.2 Å². The number of methoxy groups -OCH3 is 1. The second-order valence-electron chi connectivity index (χ2n) is 7.03. The summed E-state index contributed by atoms with van der Waals surface area (Å²) in [4.78, 5) is 24.3. The molecule has 0 aliphatic rings. The molecule has 142 valence electrons. The highest BCUT2D eigenvalue weighted by atomic mass is 31.1. The Morgan fingerprint density at radius 2 is 1.50 bits per heavy atom. The topological polar surface area (TPSA) is 71.1 Å². The Bertz CT molecular complexity index is 405. The Balaban J connectivity index is 5.13. The molecule has 0 aromatic heterocycles. The van der Waals surface area contributed by atoms with Crippen LogP contribution >= 0.6 is 17.6 Å². The van der Waals surface area contributed by atoms with Crippen LogP contribution < -0.4 is 0 Å². The average molecular weight is 398 g/mol. The Morgan fingerprint density at radius 1 is 1.00 bits per heavy atom. The van der Waals surface area contributed by atoms with Crippen LogP contribution in [0.2, 0.25) is 18.1 Å². The van der Waals surface area contributed by atoms with Gasteiger partial charge in [-0.1, -0.05) is 20.8 Å². The summed E-state index contributed by atoms with van der Waals surface area (Å²) in [6, 6.07) is 0. The molecule has 3 atom stereocenters. The molecule has 0 spiro atoms. The van der Waals surface area contributed by atoms with Crippen LogP contribution in [-0.4, -0.2) is 52.9 Å². The maximum absolute atomic E-state index is 12.6. The van der Waals surface area contributed by atoms with Crippen LogP contribution in [0.3, 0.4) is 0 Å². The monoisotopic (exact) mass is 398 g/mol. The zero-order valence-electron chi connectivity index (χ0n) is 16.0. The summed E-state index contributed by atoms with van der Waals surface area (Å²) in [5, 5.41) is -0.310. The van der Waals surface area contributed by atoms with Gasteiger partial charge < -0.3 is 18.2 Å². The standard InChI is InChI=1S/C15H32O6P2Si/c1-15(2,3)24(7,8)21-11(10-13(17)18-4)9-12(16)14(22-19-5)23-20-6/h11,14,22-23H,9-10H2,1-8H3. The Labute approximate surface area is 150 Å². The van der Waals surface area contributed by atoms with Crippen molar-refractivity contribution in [3.63, 3.8) is 0 Å². The van der Waals surface area contributed by atoms with Crippen LogP contribution in [0.1, 0.15) is 33.6 Å². The average Bonchev–Trinajstić information content (AvgIpc) is 2.45. The van der Waals surface area contributed by atoms with Crippen LogP contribution in [0.5, 0.6) is 0 Å². The molecular weight excluding hydrogens is 366 g/mol. The third-order valence-corrected chi connectivity index (χ3v) is 10.9. The van der Waals surface area contributed by atoms with E-state index in [2.05, 4.69) is 33.9 Å². The van der Waals surface area contributed by atoms with Gasteiger partial charge in [-0.3, -0.25) is 9.59 Å². The number of hydrogen-bond acceptors (Lipinski definition) is 6. The van der Waals surface area contributed by atoms with E-state index in [0.29, 0.717) is 0 Å². The zero-order valence-corrected chi connectivity index (χ0v) is 19.0. The number of ketones is 1. The van der Waals surface area contributed by atoms with Gasteiger partial charge in [0.15, 0.2) is 14.1 Å². The minimum absolute atomic E-state index is 0.00276. The first-order valence-corrected chi connectivity index (χ1v) is 12.7. The second-order valence-corrected chi connectivity index (χ2v) is 14.8. The molecule has 0 radical (unpaired) electrons. The molecule has 0 aliphatic carbocycles. The molecule has 0 aromatic carbocycles. The largest absolute Gasteiger partial charge is 0.469 e. The highest BCUT2D eigenvalue weighted by Gasteiger charge is 2.40. The highest BCUT2D eigenvalue weighted by Crippen LogP contribution is 2.40. The molecule has 0 saturated heterocycles. The molecule has 0 fully saturated rings. The molecule has 0 saturated carbocycles. The summed E-state index contributed by atoms with van der Waals surface area (Å²) in [6.45, 7) is 10.6. The van der Waals surface area contributed by atoms with E-state index in [1.165, 1.54) is 7.11 Å². The number of carbonyl (C=O) groups excluding carboxylic acids is 2. The zero-order chi connectivity index (χ0) is 19.0. The molecule has 9 heteroatoms. The highest BCUT2D eigenvalue weighted by molar-refractivity contribution is 7.54. The third kappa shape index (κ3) is 8.46. The van der Waals surface area contributed by atoms with Crippen molar-refractivity contribution in [1.82, 2.24) is 0 Å². The van der Waals surface area contributed by atoms with Crippen molar-refractivity contribution < 1.29 is 27.8 Å². The van der Waals surface area contributed by atoms with Crippen molar-refractivity contribution >= 4 is 37.7 Å². The van der Waals surface area contributed by atoms with Gasteiger partial charge in [0.2, 0.25) is 0 Å². The van der Waals surface area contributed by atoms with E-state index >= 15 is 0 Å². The summed E-state index contributed by atoms with van der Waals surface area (Å²) in [5.74, 6) is -0.366. The van der Waals surface area contributed by atoms with E-state index in [-0.39, 0.29) is 52.6 Å². The van der Waals surface area contributed by atoms with Crippen LogP contribution in [-0.2, 0) is 27.8 Å². The predicted molar refractivity (Wildman–Crippen MR) is 103 cm³/mol. The Morgan fingerprint density at radius 3 is 1.88 bits per heavy atom. The number of esters is 1. The molecular formula is C15H32O6P2Si. The molecule has 0 amide bonds. The smallest absolute Gasteiger partial charge is 0.308 e. The lowest BCUT2D eigenvalue weighted by molar-refractivity contribution is -0.142. The van der Waals surface area contributed by atoms with Gasteiger partial charge in [-0.15, -0.1) is 0 Å². The van der Waals surface area contributed by atoms with E-state index < -0.39 is 14.4 Å². The van der Waals surface area contributed by atoms with Crippen LogP contribution in [0.15, 0.2) is 0 Å². The van der Waals surface area contributed by atoms with Gasteiger partial charge in [-0.25, -0.2) is 0 Å². The van der Waals surface area contributed by atoms with E-state index in [0.717, 1.165) is 0 Å². The summed E-state index contributed by atoms with van der Waals surface area (Å²) >= 11 is 0. The lowest BCUT2D eigenvalue weighted by Gasteiger charge is -2.39.